The number of nitrogens with zero attached hydrogens (tertiary/aromatic N) is 4. The van der Waals surface area contributed by atoms with Crippen LogP contribution in [-0.2, 0) is 0 Å². The lowest BCUT2D eigenvalue weighted by Crippen LogP contribution is -2.51. The molecule has 0 aromatic carbocycles. The number of aromatic nitrogens is 4. The molecule has 0 radical (unpaired) electrons. The Kier molecular flexibility index (Phi) is 4.72. The highest BCUT2D eigenvalue weighted by molar-refractivity contribution is 5.75. The van der Waals surface area contributed by atoms with Crippen molar-refractivity contribution >= 4 is 6.03 Å². The van der Waals surface area contributed by atoms with E-state index in [9.17, 15) is 4.79 Å². The van der Waals surface area contributed by atoms with Crippen molar-refractivity contribution < 1.29 is 4.79 Å². The minimum atomic E-state index is 0.0326. The van der Waals surface area contributed by atoms with Crippen molar-refractivity contribution in [1.82, 2.24) is 30.0 Å². The van der Waals surface area contributed by atoms with Gasteiger partial charge in [-0.15, -0.1) is 0 Å². The number of imidazole rings is 1. The summed E-state index contributed by atoms with van der Waals surface area (Å²) in [4.78, 5) is 22.5. The smallest absolute Gasteiger partial charge is 0.318 e. The lowest BCUT2D eigenvalue weighted by Gasteiger charge is -2.38. The molecule has 3 atom stereocenters. The number of amides is 2. The van der Waals surface area contributed by atoms with Gasteiger partial charge in [0.25, 0.3) is 0 Å². The van der Waals surface area contributed by atoms with Gasteiger partial charge in [0.2, 0.25) is 0 Å². The van der Waals surface area contributed by atoms with Crippen LogP contribution in [-0.4, -0.2) is 43.3 Å². The third-order valence-electron chi connectivity index (χ3n) is 5.50. The van der Waals surface area contributed by atoms with Crippen molar-refractivity contribution in [2.45, 2.75) is 63.1 Å². The zero-order valence-electron chi connectivity index (χ0n) is 14.5. The minimum Gasteiger partial charge on any atom is -0.347 e. The fourth-order valence-corrected chi connectivity index (χ4v) is 4.23. The van der Waals surface area contributed by atoms with Crippen molar-refractivity contribution in [3.05, 3.63) is 36.7 Å². The molecule has 134 valence electrons. The molecule has 4 rings (SSSR count). The summed E-state index contributed by atoms with van der Waals surface area (Å²) >= 11 is 0. The standard InChI is InChI=1S/C18H26N6O/c25-18(23-12-4-3-8-16(23)17-19-10-11-20-17)22-14-6-1-2-7-15(14)24-13-5-9-21-24/h5,9-11,13-16H,1-4,6-8,12H2,(H,19,20)(H,22,25)/t14-,15-,16+/m1/s1. The van der Waals surface area contributed by atoms with Gasteiger partial charge in [0.1, 0.15) is 5.82 Å². The van der Waals surface area contributed by atoms with Crippen LogP contribution in [0, 0.1) is 0 Å². The van der Waals surface area contributed by atoms with E-state index >= 15 is 0 Å². The van der Waals surface area contributed by atoms with Gasteiger partial charge in [-0.05, 0) is 38.2 Å². The summed E-state index contributed by atoms with van der Waals surface area (Å²) in [6.07, 6.45) is 15.0. The van der Waals surface area contributed by atoms with Crippen LogP contribution in [0.3, 0.4) is 0 Å². The Balaban J connectivity index is 1.47. The molecule has 1 aliphatic carbocycles. The molecule has 1 aliphatic heterocycles. The third kappa shape index (κ3) is 3.41. The number of nitrogens with one attached hydrogen (secondary N) is 2. The van der Waals surface area contributed by atoms with Gasteiger partial charge >= 0.3 is 6.03 Å². The molecule has 1 saturated heterocycles. The van der Waals surface area contributed by atoms with Crippen LogP contribution in [0.25, 0.3) is 0 Å². The van der Waals surface area contributed by atoms with Gasteiger partial charge in [0, 0.05) is 31.3 Å². The van der Waals surface area contributed by atoms with Crippen LogP contribution < -0.4 is 5.32 Å². The fourth-order valence-electron chi connectivity index (χ4n) is 4.23. The monoisotopic (exact) mass is 342 g/mol. The molecule has 0 spiro atoms. The molecule has 7 heteroatoms. The molecule has 2 fully saturated rings. The minimum absolute atomic E-state index is 0.0326. The van der Waals surface area contributed by atoms with Crippen LogP contribution in [0.1, 0.15) is 62.9 Å². The predicted molar refractivity (Wildman–Crippen MR) is 93.9 cm³/mol. The molecule has 2 amide bonds. The molecule has 1 saturated carbocycles. The van der Waals surface area contributed by atoms with E-state index in [1.807, 2.05) is 34.2 Å². The van der Waals surface area contributed by atoms with Crippen molar-refractivity contribution in [2.75, 3.05) is 6.54 Å². The number of hydrogen-bond acceptors (Lipinski definition) is 3. The highest BCUT2D eigenvalue weighted by Gasteiger charge is 2.33. The molecule has 2 N–H and O–H groups in total. The second-order valence-electron chi connectivity index (χ2n) is 7.07. The van der Waals surface area contributed by atoms with Crippen LogP contribution in [0.2, 0.25) is 0 Å². The Morgan fingerprint density at radius 2 is 2.04 bits per heavy atom. The Morgan fingerprint density at radius 3 is 2.84 bits per heavy atom. The van der Waals surface area contributed by atoms with Gasteiger partial charge in [-0.2, -0.15) is 5.10 Å². The molecular weight excluding hydrogens is 316 g/mol. The number of H-pyrrole nitrogens is 1. The van der Waals surface area contributed by atoms with Gasteiger partial charge in [-0.3, -0.25) is 4.68 Å². The number of carbonyl (C=O) groups is 1. The Morgan fingerprint density at radius 1 is 1.16 bits per heavy atom. The first-order chi connectivity index (χ1) is 12.3. The Bertz CT molecular complexity index is 668. The molecule has 0 unspecified atom stereocenters. The third-order valence-corrected chi connectivity index (χ3v) is 5.50. The first kappa shape index (κ1) is 16.2. The van der Waals surface area contributed by atoms with E-state index in [1.54, 1.807) is 6.20 Å². The summed E-state index contributed by atoms with van der Waals surface area (Å²) in [5.41, 5.74) is 0. The van der Waals surface area contributed by atoms with E-state index in [0.717, 1.165) is 50.9 Å². The van der Waals surface area contributed by atoms with Crippen molar-refractivity contribution in [2.24, 2.45) is 0 Å². The van der Waals surface area contributed by atoms with Crippen LogP contribution in [0.5, 0.6) is 0 Å². The van der Waals surface area contributed by atoms with Crippen LogP contribution in [0.15, 0.2) is 30.9 Å². The molecule has 0 bridgehead atoms. The molecule has 3 heterocycles. The average Bonchev–Trinajstić information content (AvgIpc) is 3.36. The number of aromatic amines is 1. The fraction of sp³-hybridized carbons (Fsp3) is 0.611. The molecule has 25 heavy (non-hydrogen) atoms. The maximum Gasteiger partial charge on any atom is 0.318 e. The van der Waals surface area contributed by atoms with E-state index in [0.29, 0.717) is 0 Å². The maximum absolute atomic E-state index is 13.0. The van der Waals surface area contributed by atoms with Gasteiger partial charge < -0.3 is 15.2 Å². The molecular formula is C18H26N6O. The zero-order valence-corrected chi connectivity index (χ0v) is 14.5. The van der Waals surface area contributed by atoms with Crippen LogP contribution >= 0.6 is 0 Å². The normalized spacial score (nSPS) is 27.2. The maximum atomic E-state index is 13.0. The number of urea groups is 1. The van der Waals surface area contributed by atoms with Crippen molar-refractivity contribution in [1.29, 1.82) is 0 Å². The molecule has 2 aliphatic rings. The summed E-state index contributed by atoms with van der Waals surface area (Å²) < 4.78 is 2.00. The molecule has 7 nitrogen and oxygen atoms in total. The molecule has 2 aromatic heterocycles. The Hall–Kier alpha value is -2.31. The quantitative estimate of drug-likeness (QED) is 0.900. The van der Waals surface area contributed by atoms with E-state index in [-0.39, 0.29) is 24.2 Å². The lowest BCUT2D eigenvalue weighted by molar-refractivity contribution is 0.136. The van der Waals surface area contributed by atoms with E-state index in [4.69, 9.17) is 0 Å². The van der Waals surface area contributed by atoms with Crippen LogP contribution in [0.4, 0.5) is 4.79 Å². The average molecular weight is 342 g/mol. The first-order valence-electron chi connectivity index (χ1n) is 9.38. The first-order valence-corrected chi connectivity index (χ1v) is 9.38. The van der Waals surface area contributed by atoms with Crippen molar-refractivity contribution in [3.63, 3.8) is 0 Å². The highest BCUT2D eigenvalue weighted by Crippen LogP contribution is 2.31. The lowest BCUT2D eigenvalue weighted by atomic mass is 9.90. The molecule has 2 aromatic rings. The summed E-state index contributed by atoms with van der Waals surface area (Å²) in [5, 5.41) is 7.71. The largest absolute Gasteiger partial charge is 0.347 e. The van der Waals surface area contributed by atoms with E-state index in [1.165, 1.54) is 6.42 Å². The van der Waals surface area contributed by atoms with E-state index in [2.05, 4.69) is 20.4 Å². The zero-order chi connectivity index (χ0) is 17.1. The van der Waals surface area contributed by atoms with Crippen molar-refractivity contribution in [3.8, 4) is 0 Å². The number of likely N-dealkylation sites (tertiary alicyclic amines) is 1. The summed E-state index contributed by atoms with van der Waals surface area (Å²) in [7, 11) is 0. The number of piperidine rings is 1. The summed E-state index contributed by atoms with van der Waals surface area (Å²) in [5.74, 6) is 0.891. The number of hydrogen-bond donors (Lipinski definition) is 2. The summed E-state index contributed by atoms with van der Waals surface area (Å²) in [6, 6.07) is 2.42. The Labute approximate surface area is 147 Å². The van der Waals surface area contributed by atoms with Gasteiger partial charge in [0.05, 0.1) is 18.1 Å². The number of carbonyl (C=O) groups excluding carboxylic acids is 1. The SMILES string of the molecule is O=C(N[C@@H]1CCCC[C@H]1n1cccn1)N1CCCC[C@H]1c1ncc[nH]1. The number of rotatable bonds is 3. The topological polar surface area (TPSA) is 78.8 Å². The van der Waals surface area contributed by atoms with Gasteiger partial charge in [0.15, 0.2) is 0 Å². The highest BCUT2D eigenvalue weighted by atomic mass is 16.2. The predicted octanol–water partition coefficient (Wildman–Crippen LogP) is 3.03. The van der Waals surface area contributed by atoms with E-state index < -0.39 is 0 Å². The van der Waals surface area contributed by atoms with Gasteiger partial charge in [-0.1, -0.05) is 12.8 Å². The second kappa shape index (κ2) is 7.29. The van der Waals surface area contributed by atoms with Gasteiger partial charge in [-0.25, -0.2) is 9.78 Å². The summed E-state index contributed by atoms with van der Waals surface area (Å²) in [6.45, 7) is 0.788. The second-order valence-corrected chi connectivity index (χ2v) is 7.07.